The number of nitrogens with one attached hydrogen (secondary N) is 1. The van der Waals surface area contributed by atoms with Crippen LogP contribution in [0.1, 0.15) is 32.1 Å². The van der Waals surface area contributed by atoms with Crippen molar-refractivity contribution in [2.75, 3.05) is 13.7 Å². The van der Waals surface area contributed by atoms with Crippen molar-refractivity contribution in [1.29, 1.82) is 0 Å². The minimum atomic E-state index is -0.787. The first-order valence-corrected chi connectivity index (χ1v) is 7.61. The monoisotopic (exact) mass is 356 g/mol. The zero-order valence-corrected chi connectivity index (χ0v) is 14.1. The molecule has 2 heterocycles. The maximum Gasteiger partial charge on any atom is 0.330 e. The summed E-state index contributed by atoms with van der Waals surface area (Å²) in [5.41, 5.74) is -0.961. The Morgan fingerprint density at radius 1 is 1.32 bits per heavy atom. The molecule has 0 bridgehead atoms. The molecule has 1 aromatic heterocycles. The highest BCUT2D eigenvalue weighted by molar-refractivity contribution is 5.66. The SMILES string of the molecule is COCc1cn([C@H]2C[C@H](OC(C)=O)[C@@H](COC(C)=O)O2)c(=O)[nH]c1=O. The van der Waals surface area contributed by atoms with Gasteiger partial charge in [0.25, 0.3) is 5.56 Å². The van der Waals surface area contributed by atoms with Gasteiger partial charge in [-0.25, -0.2) is 4.79 Å². The summed E-state index contributed by atoms with van der Waals surface area (Å²) in [7, 11) is 1.42. The number of aromatic amines is 1. The minimum absolute atomic E-state index is 0.0204. The Labute approximate surface area is 142 Å². The number of ether oxygens (including phenoxy) is 4. The lowest BCUT2D eigenvalue weighted by molar-refractivity contribution is -0.155. The smallest absolute Gasteiger partial charge is 0.330 e. The van der Waals surface area contributed by atoms with Crippen LogP contribution in [0.3, 0.4) is 0 Å². The van der Waals surface area contributed by atoms with E-state index in [9.17, 15) is 19.2 Å². The molecule has 0 unspecified atom stereocenters. The van der Waals surface area contributed by atoms with E-state index in [0.29, 0.717) is 0 Å². The third-order valence-corrected chi connectivity index (χ3v) is 3.60. The fourth-order valence-electron chi connectivity index (χ4n) is 2.56. The molecule has 1 aromatic rings. The number of carbonyl (C=O) groups excluding carboxylic acids is 2. The van der Waals surface area contributed by atoms with Crippen LogP contribution in [0.2, 0.25) is 0 Å². The summed E-state index contributed by atoms with van der Waals surface area (Å²) in [4.78, 5) is 48.3. The first kappa shape index (κ1) is 18.9. The van der Waals surface area contributed by atoms with Crippen molar-refractivity contribution in [3.05, 3.63) is 32.6 Å². The number of H-pyrrole nitrogens is 1. The molecule has 1 N–H and O–H groups in total. The normalized spacial score (nSPS) is 22.6. The van der Waals surface area contributed by atoms with Crippen LogP contribution in [0.4, 0.5) is 0 Å². The third-order valence-electron chi connectivity index (χ3n) is 3.60. The van der Waals surface area contributed by atoms with E-state index in [2.05, 4.69) is 4.98 Å². The van der Waals surface area contributed by atoms with Gasteiger partial charge in [0, 0.05) is 33.6 Å². The van der Waals surface area contributed by atoms with Gasteiger partial charge in [-0.2, -0.15) is 0 Å². The summed E-state index contributed by atoms with van der Waals surface area (Å²) in [6.07, 6.45) is -0.683. The topological polar surface area (TPSA) is 126 Å². The van der Waals surface area contributed by atoms with Crippen molar-refractivity contribution in [3.8, 4) is 0 Å². The van der Waals surface area contributed by atoms with E-state index in [1.54, 1.807) is 0 Å². The van der Waals surface area contributed by atoms with Gasteiger partial charge < -0.3 is 18.9 Å². The summed E-state index contributed by atoms with van der Waals surface area (Å²) in [6, 6.07) is 0. The Bertz CT molecular complexity index is 753. The fraction of sp³-hybridized carbons (Fsp3) is 0.600. The quantitative estimate of drug-likeness (QED) is 0.674. The van der Waals surface area contributed by atoms with Crippen LogP contribution < -0.4 is 11.2 Å². The summed E-state index contributed by atoms with van der Waals surface area (Å²) in [5.74, 6) is -1.02. The highest BCUT2D eigenvalue weighted by Gasteiger charge is 2.39. The molecule has 3 atom stereocenters. The lowest BCUT2D eigenvalue weighted by atomic mass is 10.2. The second kappa shape index (κ2) is 8.08. The molecule has 1 saturated heterocycles. The number of hydrogen-bond donors (Lipinski definition) is 1. The maximum absolute atomic E-state index is 12.1. The number of rotatable bonds is 6. The molecule has 138 valence electrons. The molecular formula is C15H20N2O8. The number of aromatic nitrogens is 2. The van der Waals surface area contributed by atoms with Crippen LogP contribution in [-0.4, -0.2) is 47.4 Å². The molecule has 0 radical (unpaired) electrons. The summed E-state index contributed by atoms with van der Waals surface area (Å²) >= 11 is 0. The van der Waals surface area contributed by atoms with Crippen molar-refractivity contribution in [2.45, 2.75) is 45.3 Å². The highest BCUT2D eigenvalue weighted by Crippen LogP contribution is 2.30. The van der Waals surface area contributed by atoms with Crippen molar-refractivity contribution < 1.29 is 28.5 Å². The third kappa shape index (κ3) is 4.77. The van der Waals surface area contributed by atoms with Gasteiger partial charge in [0.2, 0.25) is 0 Å². The summed E-state index contributed by atoms with van der Waals surface area (Å²) < 4.78 is 21.9. The minimum Gasteiger partial charge on any atom is -0.463 e. The molecule has 1 aliphatic rings. The molecule has 1 fully saturated rings. The van der Waals surface area contributed by atoms with E-state index in [1.807, 2.05) is 0 Å². The average molecular weight is 356 g/mol. The maximum atomic E-state index is 12.1. The van der Waals surface area contributed by atoms with Crippen LogP contribution in [0, 0.1) is 0 Å². The number of esters is 2. The van der Waals surface area contributed by atoms with E-state index in [-0.39, 0.29) is 25.2 Å². The predicted octanol–water partition coefficient (Wildman–Crippen LogP) is -0.535. The molecule has 2 rings (SSSR count). The Balaban J connectivity index is 2.26. The predicted molar refractivity (Wildman–Crippen MR) is 82.7 cm³/mol. The first-order valence-electron chi connectivity index (χ1n) is 7.61. The first-order chi connectivity index (χ1) is 11.8. The van der Waals surface area contributed by atoms with Crippen LogP contribution in [0.15, 0.2) is 15.8 Å². The van der Waals surface area contributed by atoms with Gasteiger partial charge >= 0.3 is 17.6 Å². The Kier molecular flexibility index (Phi) is 6.10. The zero-order chi connectivity index (χ0) is 18.6. The van der Waals surface area contributed by atoms with Gasteiger partial charge in [-0.1, -0.05) is 0 Å². The standard InChI is InChI=1S/C15H20N2O8/c1-8(18)23-7-12-11(24-9(2)19)4-13(25-12)17-5-10(6-22-3)14(20)16-15(17)21/h5,11-13H,4,6-7H2,1-3H3,(H,16,20,21)/t11-,12+,13+/m0/s1. The van der Waals surface area contributed by atoms with E-state index in [4.69, 9.17) is 18.9 Å². The lowest BCUT2D eigenvalue weighted by Gasteiger charge is -2.17. The second-order valence-electron chi connectivity index (χ2n) is 5.57. The Hall–Kier alpha value is -2.46. The molecule has 10 heteroatoms. The van der Waals surface area contributed by atoms with Gasteiger partial charge in [0.1, 0.15) is 25.0 Å². The highest BCUT2D eigenvalue weighted by atomic mass is 16.6. The van der Waals surface area contributed by atoms with Crippen molar-refractivity contribution >= 4 is 11.9 Å². The molecule has 1 aliphatic heterocycles. The number of carbonyl (C=O) groups is 2. The Morgan fingerprint density at radius 2 is 2.04 bits per heavy atom. The van der Waals surface area contributed by atoms with Crippen molar-refractivity contribution in [2.24, 2.45) is 0 Å². The fourth-order valence-corrected chi connectivity index (χ4v) is 2.56. The largest absolute Gasteiger partial charge is 0.463 e. The van der Waals surface area contributed by atoms with E-state index >= 15 is 0 Å². The van der Waals surface area contributed by atoms with Gasteiger partial charge in [0.05, 0.1) is 12.2 Å². The van der Waals surface area contributed by atoms with Crippen molar-refractivity contribution in [3.63, 3.8) is 0 Å². The second-order valence-corrected chi connectivity index (χ2v) is 5.57. The lowest BCUT2D eigenvalue weighted by Crippen LogP contribution is -2.34. The molecule has 0 amide bonds. The van der Waals surface area contributed by atoms with Gasteiger partial charge in [-0.05, 0) is 0 Å². The van der Waals surface area contributed by atoms with E-state index < -0.39 is 41.6 Å². The summed E-state index contributed by atoms with van der Waals surface area (Å²) in [5, 5.41) is 0. The van der Waals surface area contributed by atoms with Gasteiger partial charge in [0.15, 0.2) is 0 Å². The van der Waals surface area contributed by atoms with E-state index in [0.717, 1.165) is 0 Å². The molecule has 0 aliphatic carbocycles. The molecule has 0 spiro atoms. The van der Waals surface area contributed by atoms with Crippen LogP contribution in [0.5, 0.6) is 0 Å². The van der Waals surface area contributed by atoms with Crippen LogP contribution in [-0.2, 0) is 35.1 Å². The number of nitrogens with zero attached hydrogens (tertiary/aromatic N) is 1. The van der Waals surface area contributed by atoms with Crippen LogP contribution in [0.25, 0.3) is 0 Å². The van der Waals surface area contributed by atoms with E-state index in [1.165, 1.54) is 31.7 Å². The average Bonchev–Trinajstić information content (AvgIpc) is 2.90. The number of hydrogen-bond acceptors (Lipinski definition) is 8. The molecular weight excluding hydrogens is 336 g/mol. The van der Waals surface area contributed by atoms with Gasteiger partial charge in [-0.3, -0.25) is 23.9 Å². The summed E-state index contributed by atoms with van der Waals surface area (Å²) in [6.45, 7) is 2.40. The van der Waals surface area contributed by atoms with Crippen molar-refractivity contribution in [1.82, 2.24) is 9.55 Å². The molecule has 10 nitrogen and oxygen atoms in total. The molecule has 0 saturated carbocycles. The molecule has 0 aromatic carbocycles. The van der Waals surface area contributed by atoms with Gasteiger partial charge in [-0.15, -0.1) is 0 Å². The molecule has 25 heavy (non-hydrogen) atoms. The van der Waals surface area contributed by atoms with Crippen LogP contribution >= 0.6 is 0 Å². The Morgan fingerprint density at radius 3 is 2.64 bits per heavy atom. The number of methoxy groups -OCH3 is 1. The zero-order valence-electron chi connectivity index (χ0n) is 14.1.